The highest BCUT2D eigenvalue weighted by Crippen LogP contribution is 2.22. The van der Waals surface area contributed by atoms with E-state index in [1.54, 1.807) is 7.11 Å². The largest absolute Gasteiger partial charge is 0.497 e. The fraction of sp³-hybridized carbons (Fsp3) is 0.316. The van der Waals surface area contributed by atoms with Crippen molar-refractivity contribution in [2.24, 2.45) is 5.73 Å². The van der Waals surface area contributed by atoms with Crippen LogP contribution in [0.2, 0.25) is 0 Å². The molecular weight excluding hydrogens is 288 g/mol. The van der Waals surface area contributed by atoms with Crippen LogP contribution in [0.25, 0.3) is 11.1 Å². The summed E-state index contributed by atoms with van der Waals surface area (Å²) in [6.07, 6.45) is 0.316. The number of hydrogen-bond acceptors (Lipinski definition) is 3. The van der Waals surface area contributed by atoms with Crippen LogP contribution >= 0.6 is 0 Å². The van der Waals surface area contributed by atoms with Crippen LogP contribution in [0.15, 0.2) is 48.5 Å². The highest BCUT2D eigenvalue weighted by molar-refractivity contribution is 5.77. The number of hydrogen-bond donors (Lipinski definition) is 2. The summed E-state index contributed by atoms with van der Waals surface area (Å²) < 4.78 is 5.16. The van der Waals surface area contributed by atoms with Gasteiger partial charge in [-0.3, -0.25) is 4.79 Å². The Balaban J connectivity index is 1.95. The first-order valence-electron chi connectivity index (χ1n) is 7.66. The number of methoxy groups -OCH3 is 1. The molecule has 3 N–H and O–H groups in total. The minimum absolute atomic E-state index is 0.0308. The number of nitrogens with two attached hydrogens (primary N) is 1. The lowest BCUT2D eigenvalue weighted by Gasteiger charge is -2.17. The average molecular weight is 312 g/mol. The third-order valence-corrected chi connectivity index (χ3v) is 3.48. The highest BCUT2D eigenvalue weighted by atomic mass is 16.5. The van der Waals surface area contributed by atoms with Gasteiger partial charge in [0.25, 0.3) is 0 Å². The van der Waals surface area contributed by atoms with Crippen molar-refractivity contribution in [3.05, 3.63) is 54.1 Å². The predicted octanol–water partition coefficient (Wildman–Crippen LogP) is 3.11. The lowest BCUT2D eigenvalue weighted by atomic mass is 10.0. The van der Waals surface area contributed by atoms with Crippen molar-refractivity contribution in [3.63, 3.8) is 0 Å². The average Bonchev–Trinajstić information content (AvgIpc) is 2.52. The van der Waals surface area contributed by atoms with Gasteiger partial charge in [-0.05, 0) is 42.7 Å². The molecule has 122 valence electrons. The number of rotatable bonds is 6. The second-order valence-corrected chi connectivity index (χ2v) is 6.37. The summed E-state index contributed by atoms with van der Waals surface area (Å²) in [7, 11) is 1.66. The first kappa shape index (κ1) is 17.0. The fourth-order valence-electron chi connectivity index (χ4n) is 2.28. The Morgan fingerprint density at radius 2 is 1.57 bits per heavy atom. The van der Waals surface area contributed by atoms with Crippen LogP contribution in [-0.2, 0) is 11.3 Å². The van der Waals surface area contributed by atoms with Crippen LogP contribution in [0.3, 0.4) is 0 Å². The molecule has 2 aromatic rings. The molecule has 0 saturated carbocycles. The summed E-state index contributed by atoms with van der Waals surface area (Å²) in [4.78, 5) is 11.8. The predicted molar refractivity (Wildman–Crippen MR) is 93.2 cm³/mol. The summed E-state index contributed by atoms with van der Waals surface area (Å²) in [6.45, 7) is 4.20. The van der Waals surface area contributed by atoms with Gasteiger partial charge in [0.15, 0.2) is 0 Å². The minimum Gasteiger partial charge on any atom is -0.497 e. The molecule has 0 aliphatic heterocycles. The van der Waals surface area contributed by atoms with Crippen LogP contribution in [-0.4, -0.2) is 18.6 Å². The summed E-state index contributed by atoms with van der Waals surface area (Å²) in [5.74, 6) is 0.813. The van der Waals surface area contributed by atoms with Crippen molar-refractivity contribution in [1.29, 1.82) is 0 Å². The van der Waals surface area contributed by atoms with Gasteiger partial charge in [-0.25, -0.2) is 0 Å². The molecule has 4 heteroatoms. The molecule has 0 heterocycles. The van der Waals surface area contributed by atoms with Gasteiger partial charge in [-0.2, -0.15) is 0 Å². The van der Waals surface area contributed by atoms with Gasteiger partial charge in [0.2, 0.25) is 5.91 Å². The van der Waals surface area contributed by atoms with E-state index < -0.39 is 5.54 Å². The second kappa shape index (κ2) is 7.29. The molecule has 0 fully saturated rings. The van der Waals surface area contributed by atoms with Crippen molar-refractivity contribution in [3.8, 4) is 16.9 Å². The topological polar surface area (TPSA) is 64.3 Å². The van der Waals surface area contributed by atoms with Crippen molar-refractivity contribution in [2.45, 2.75) is 32.4 Å². The van der Waals surface area contributed by atoms with E-state index >= 15 is 0 Å². The van der Waals surface area contributed by atoms with Crippen LogP contribution in [0.5, 0.6) is 5.75 Å². The standard InChI is InChI=1S/C19H24N2O2/c1-19(2,20)12-18(22)21-13-14-4-6-15(7-5-14)16-8-10-17(23-3)11-9-16/h4-11H,12-13,20H2,1-3H3,(H,21,22). The Kier molecular flexibility index (Phi) is 5.40. The quantitative estimate of drug-likeness (QED) is 0.861. The van der Waals surface area contributed by atoms with Gasteiger partial charge < -0.3 is 15.8 Å². The van der Waals surface area contributed by atoms with Crippen LogP contribution in [0.1, 0.15) is 25.8 Å². The van der Waals surface area contributed by atoms with E-state index in [-0.39, 0.29) is 5.91 Å². The molecular formula is C19H24N2O2. The smallest absolute Gasteiger partial charge is 0.222 e. The van der Waals surface area contributed by atoms with Gasteiger partial charge >= 0.3 is 0 Å². The van der Waals surface area contributed by atoms with Crippen molar-refractivity contribution >= 4 is 5.91 Å². The van der Waals surface area contributed by atoms with Gasteiger partial charge in [0.1, 0.15) is 5.75 Å². The molecule has 0 radical (unpaired) electrons. The summed E-state index contributed by atoms with van der Waals surface area (Å²) >= 11 is 0. The third kappa shape index (κ3) is 5.42. The van der Waals surface area contributed by atoms with Gasteiger partial charge in [-0.15, -0.1) is 0 Å². The van der Waals surface area contributed by atoms with Gasteiger partial charge in [0, 0.05) is 18.5 Å². The number of amides is 1. The molecule has 0 bridgehead atoms. The molecule has 4 nitrogen and oxygen atoms in total. The molecule has 23 heavy (non-hydrogen) atoms. The lowest BCUT2D eigenvalue weighted by Crippen LogP contribution is -2.38. The Morgan fingerprint density at radius 3 is 2.04 bits per heavy atom. The number of benzene rings is 2. The van der Waals surface area contributed by atoms with Crippen LogP contribution in [0, 0.1) is 0 Å². The monoisotopic (exact) mass is 312 g/mol. The maximum absolute atomic E-state index is 11.8. The summed E-state index contributed by atoms with van der Waals surface area (Å²) in [5.41, 5.74) is 8.68. The van der Waals surface area contributed by atoms with E-state index in [2.05, 4.69) is 17.4 Å². The fourth-order valence-corrected chi connectivity index (χ4v) is 2.28. The lowest BCUT2D eigenvalue weighted by molar-refractivity contribution is -0.122. The van der Waals surface area contributed by atoms with Crippen molar-refractivity contribution in [1.82, 2.24) is 5.32 Å². The Bertz CT molecular complexity index is 641. The number of ether oxygens (including phenoxy) is 1. The first-order chi connectivity index (χ1) is 10.9. The van der Waals surface area contributed by atoms with E-state index in [1.807, 2.05) is 50.2 Å². The van der Waals surface area contributed by atoms with Crippen LogP contribution < -0.4 is 15.8 Å². The van der Waals surface area contributed by atoms with Crippen LogP contribution in [0.4, 0.5) is 0 Å². The minimum atomic E-state index is -0.484. The molecule has 0 aromatic heterocycles. The maximum atomic E-state index is 11.8. The maximum Gasteiger partial charge on any atom is 0.222 e. The zero-order valence-corrected chi connectivity index (χ0v) is 13.9. The zero-order valence-electron chi connectivity index (χ0n) is 13.9. The third-order valence-electron chi connectivity index (χ3n) is 3.48. The van der Waals surface area contributed by atoms with Gasteiger partial charge in [0.05, 0.1) is 7.11 Å². The normalized spacial score (nSPS) is 11.1. The number of carbonyl (C=O) groups is 1. The number of nitrogens with one attached hydrogen (secondary N) is 1. The zero-order chi connectivity index (χ0) is 16.9. The summed E-state index contributed by atoms with van der Waals surface area (Å²) in [6, 6.07) is 16.1. The van der Waals surface area contributed by atoms with E-state index in [4.69, 9.17) is 10.5 Å². The summed E-state index contributed by atoms with van der Waals surface area (Å²) in [5, 5.41) is 2.89. The molecule has 0 aliphatic carbocycles. The Hall–Kier alpha value is -2.33. The molecule has 0 spiro atoms. The molecule has 1 amide bonds. The molecule has 0 atom stereocenters. The van der Waals surface area contributed by atoms with E-state index in [0.717, 1.165) is 22.4 Å². The highest BCUT2D eigenvalue weighted by Gasteiger charge is 2.15. The van der Waals surface area contributed by atoms with Crippen molar-refractivity contribution < 1.29 is 9.53 Å². The second-order valence-electron chi connectivity index (χ2n) is 6.37. The Morgan fingerprint density at radius 1 is 1.04 bits per heavy atom. The number of carbonyl (C=O) groups excluding carboxylic acids is 1. The Labute approximate surface area is 137 Å². The molecule has 0 aliphatic rings. The van der Waals surface area contributed by atoms with E-state index in [0.29, 0.717) is 13.0 Å². The SMILES string of the molecule is COc1ccc(-c2ccc(CNC(=O)CC(C)(C)N)cc2)cc1. The van der Waals surface area contributed by atoms with Gasteiger partial charge in [-0.1, -0.05) is 36.4 Å². The molecule has 0 saturated heterocycles. The molecule has 2 aromatic carbocycles. The molecule has 2 rings (SSSR count). The van der Waals surface area contributed by atoms with Crippen molar-refractivity contribution in [2.75, 3.05) is 7.11 Å². The van der Waals surface area contributed by atoms with E-state index in [9.17, 15) is 4.79 Å². The van der Waals surface area contributed by atoms with E-state index in [1.165, 1.54) is 0 Å². The first-order valence-corrected chi connectivity index (χ1v) is 7.66. The molecule has 0 unspecified atom stereocenters.